The van der Waals surface area contributed by atoms with Crippen LogP contribution in [0.1, 0.15) is 38.1 Å². The van der Waals surface area contributed by atoms with Gasteiger partial charge in [-0.05, 0) is 39.8 Å². The summed E-state index contributed by atoms with van der Waals surface area (Å²) in [6.45, 7) is 7.06. The first-order valence-electron chi connectivity index (χ1n) is 9.33. The van der Waals surface area contributed by atoms with Crippen LogP contribution in [0.4, 0.5) is 5.69 Å². The minimum Gasteiger partial charge on any atom is -0.459 e. The molecule has 0 spiro atoms. The minimum atomic E-state index is -0.843. The molecule has 10 heteroatoms. The molecule has 0 amide bonds. The van der Waals surface area contributed by atoms with Crippen LogP contribution in [-0.2, 0) is 28.4 Å². The average Bonchev–Trinajstić information content (AvgIpc) is 3.13. The number of carbonyl (C=O) groups excluding carboxylic acids is 1. The van der Waals surface area contributed by atoms with Crippen molar-refractivity contribution in [3.8, 4) is 0 Å². The molecule has 10 nitrogen and oxygen atoms in total. The summed E-state index contributed by atoms with van der Waals surface area (Å²) in [6.07, 6.45) is -2.70. The van der Waals surface area contributed by atoms with E-state index >= 15 is 0 Å². The van der Waals surface area contributed by atoms with Crippen LogP contribution >= 0.6 is 0 Å². The summed E-state index contributed by atoms with van der Waals surface area (Å²) in [5.74, 6) is -2.30. The van der Waals surface area contributed by atoms with Crippen LogP contribution in [-0.4, -0.2) is 59.8 Å². The van der Waals surface area contributed by atoms with Crippen LogP contribution in [0.3, 0.4) is 0 Å². The van der Waals surface area contributed by atoms with Gasteiger partial charge in [0.1, 0.15) is 31.0 Å². The molecule has 0 bridgehead atoms. The standard InChI is InChI=1S/C19H23NO9/c1-18(2)26-13-12(25-17-15(14(13)27-18)28-19(3,4)29-17)9-24-16(21)10-5-7-11(8-6-10)20(22)23/h5-8,12-15,17H,9H2,1-4H3/t12-,13-,14-,15-,17+/m1/s1. The lowest BCUT2D eigenvalue weighted by molar-refractivity contribution is -0.384. The topological polar surface area (TPSA) is 116 Å². The Labute approximate surface area is 167 Å². The van der Waals surface area contributed by atoms with Gasteiger partial charge in [-0.25, -0.2) is 4.79 Å². The molecule has 1 aromatic carbocycles. The summed E-state index contributed by atoms with van der Waals surface area (Å²) in [4.78, 5) is 22.5. The van der Waals surface area contributed by atoms with Crippen molar-refractivity contribution in [2.45, 2.75) is 70.0 Å². The molecule has 3 saturated heterocycles. The largest absolute Gasteiger partial charge is 0.459 e. The Morgan fingerprint density at radius 1 is 1.00 bits per heavy atom. The highest BCUT2D eigenvalue weighted by Gasteiger charge is 2.60. The molecule has 3 fully saturated rings. The lowest BCUT2D eigenvalue weighted by Crippen LogP contribution is -2.56. The van der Waals surface area contributed by atoms with Crippen LogP contribution in [0, 0.1) is 10.1 Å². The summed E-state index contributed by atoms with van der Waals surface area (Å²) < 4.78 is 35.0. The predicted molar refractivity (Wildman–Crippen MR) is 95.9 cm³/mol. The minimum absolute atomic E-state index is 0.0938. The van der Waals surface area contributed by atoms with Gasteiger partial charge in [0.2, 0.25) is 0 Å². The van der Waals surface area contributed by atoms with Crippen molar-refractivity contribution in [3.05, 3.63) is 39.9 Å². The van der Waals surface area contributed by atoms with Crippen molar-refractivity contribution in [2.24, 2.45) is 0 Å². The van der Waals surface area contributed by atoms with Gasteiger partial charge >= 0.3 is 5.97 Å². The van der Waals surface area contributed by atoms with Crippen molar-refractivity contribution < 1.29 is 38.1 Å². The van der Waals surface area contributed by atoms with Crippen molar-refractivity contribution in [1.82, 2.24) is 0 Å². The quantitative estimate of drug-likeness (QED) is 0.419. The molecule has 0 saturated carbocycles. The van der Waals surface area contributed by atoms with E-state index in [1.54, 1.807) is 27.7 Å². The summed E-state index contributed by atoms with van der Waals surface area (Å²) in [5, 5.41) is 10.7. The van der Waals surface area contributed by atoms with Gasteiger partial charge in [0.25, 0.3) is 5.69 Å². The molecular formula is C19H23NO9. The number of ether oxygens (including phenoxy) is 6. The Bertz CT molecular complexity index is 806. The van der Waals surface area contributed by atoms with Gasteiger partial charge in [-0.1, -0.05) is 0 Å². The first-order valence-corrected chi connectivity index (χ1v) is 9.33. The van der Waals surface area contributed by atoms with E-state index in [0.717, 1.165) is 0 Å². The Morgan fingerprint density at radius 2 is 1.59 bits per heavy atom. The fraction of sp³-hybridized carbons (Fsp3) is 0.632. The van der Waals surface area contributed by atoms with E-state index in [9.17, 15) is 14.9 Å². The number of rotatable bonds is 4. The number of nitro groups is 1. The normalized spacial score (nSPS) is 34.3. The Hall–Kier alpha value is -2.11. The number of hydrogen-bond donors (Lipinski definition) is 0. The number of nitro benzene ring substituents is 1. The lowest BCUT2D eigenvalue weighted by atomic mass is 9.99. The molecule has 3 heterocycles. The van der Waals surface area contributed by atoms with Crippen molar-refractivity contribution in [2.75, 3.05) is 6.61 Å². The third-order valence-electron chi connectivity index (χ3n) is 4.94. The lowest BCUT2D eigenvalue weighted by Gasteiger charge is -2.36. The number of fused-ring (bicyclic) bond motifs is 3. The van der Waals surface area contributed by atoms with E-state index in [1.165, 1.54) is 24.3 Å². The monoisotopic (exact) mass is 409 g/mol. The van der Waals surface area contributed by atoms with E-state index in [2.05, 4.69) is 0 Å². The Kier molecular flexibility index (Phi) is 4.87. The number of benzene rings is 1. The van der Waals surface area contributed by atoms with Crippen LogP contribution in [0.25, 0.3) is 0 Å². The van der Waals surface area contributed by atoms with Gasteiger partial charge in [-0.2, -0.15) is 0 Å². The fourth-order valence-corrected chi connectivity index (χ4v) is 3.79. The number of esters is 1. The summed E-state index contributed by atoms with van der Waals surface area (Å²) in [6, 6.07) is 5.18. The predicted octanol–water partition coefficient (Wildman–Crippen LogP) is 2.15. The second-order valence-electron chi connectivity index (χ2n) is 8.11. The molecule has 1 aromatic rings. The van der Waals surface area contributed by atoms with E-state index < -0.39 is 53.2 Å². The van der Waals surface area contributed by atoms with Gasteiger partial charge in [-0.15, -0.1) is 0 Å². The van der Waals surface area contributed by atoms with E-state index in [-0.39, 0.29) is 17.9 Å². The van der Waals surface area contributed by atoms with Gasteiger partial charge in [0.15, 0.2) is 17.9 Å². The smallest absolute Gasteiger partial charge is 0.338 e. The summed E-state index contributed by atoms with van der Waals surface area (Å²) >= 11 is 0. The molecule has 3 aliphatic rings. The highest BCUT2D eigenvalue weighted by molar-refractivity contribution is 5.89. The number of hydrogen-bond acceptors (Lipinski definition) is 9. The first kappa shape index (κ1) is 20.2. The van der Waals surface area contributed by atoms with Crippen LogP contribution in [0.5, 0.6) is 0 Å². The highest BCUT2D eigenvalue weighted by atomic mass is 16.9. The van der Waals surface area contributed by atoms with E-state index in [1.807, 2.05) is 0 Å². The molecule has 29 heavy (non-hydrogen) atoms. The van der Waals surface area contributed by atoms with Gasteiger partial charge in [-0.3, -0.25) is 10.1 Å². The van der Waals surface area contributed by atoms with Crippen molar-refractivity contribution in [3.63, 3.8) is 0 Å². The van der Waals surface area contributed by atoms with Crippen LogP contribution in [0.15, 0.2) is 24.3 Å². The van der Waals surface area contributed by atoms with E-state index in [4.69, 9.17) is 28.4 Å². The Balaban J connectivity index is 1.45. The fourth-order valence-electron chi connectivity index (χ4n) is 3.79. The third kappa shape index (κ3) is 3.99. The molecule has 5 atom stereocenters. The van der Waals surface area contributed by atoms with Crippen LogP contribution in [0.2, 0.25) is 0 Å². The first-order chi connectivity index (χ1) is 13.5. The number of carbonyl (C=O) groups is 1. The SMILES string of the molecule is CC1(C)O[C@@H]2O[C@H](COC(=O)c3ccc([N+](=O)[O-])cc3)[C@H]3OC(C)(C)O[C@H]3[C@H]2O1. The summed E-state index contributed by atoms with van der Waals surface area (Å²) in [5.41, 5.74) is 0.0946. The second kappa shape index (κ2) is 6.99. The average molecular weight is 409 g/mol. The zero-order valence-electron chi connectivity index (χ0n) is 16.5. The zero-order valence-corrected chi connectivity index (χ0v) is 16.5. The molecule has 0 N–H and O–H groups in total. The maximum absolute atomic E-state index is 12.3. The van der Waals surface area contributed by atoms with Gasteiger partial charge in [0.05, 0.1) is 10.5 Å². The highest BCUT2D eigenvalue weighted by Crippen LogP contribution is 2.44. The number of non-ortho nitro benzene ring substituents is 1. The second-order valence-corrected chi connectivity index (χ2v) is 8.11. The zero-order chi connectivity index (χ0) is 21.0. The van der Waals surface area contributed by atoms with Crippen LogP contribution < -0.4 is 0 Å². The van der Waals surface area contributed by atoms with Gasteiger partial charge in [0, 0.05) is 12.1 Å². The maximum Gasteiger partial charge on any atom is 0.338 e. The molecule has 158 valence electrons. The third-order valence-corrected chi connectivity index (χ3v) is 4.94. The molecule has 3 aliphatic heterocycles. The molecule has 0 aromatic heterocycles. The summed E-state index contributed by atoms with van der Waals surface area (Å²) in [7, 11) is 0. The van der Waals surface area contributed by atoms with Crippen molar-refractivity contribution in [1.29, 1.82) is 0 Å². The molecule has 4 rings (SSSR count). The molecular weight excluding hydrogens is 386 g/mol. The number of nitrogens with zero attached hydrogens (tertiary/aromatic N) is 1. The maximum atomic E-state index is 12.3. The molecule has 0 radical (unpaired) electrons. The van der Waals surface area contributed by atoms with Crippen molar-refractivity contribution >= 4 is 11.7 Å². The molecule has 0 aliphatic carbocycles. The van der Waals surface area contributed by atoms with E-state index in [0.29, 0.717) is 0 Å². The Morgan fingerprint density at radius 3 is 2.24 bits per heavy atom. The molecule has 0 unspecified atom stereocenters. The van der Waals surface area contributed by atoms with Gasteiger partial charge < -0.3 is 28.4 Å².